The fraction of sp³-hybridized carbons (Fsp3) is 0.222. The summed E-state index contributed by atoms with van der Waals surface area (Å²) in [5.41, 5.74) is 3.08. The van der Waals surface area contributed by atoms with E-state index in [1.807, 2.05) is 53.1 Å². The molecule has 0 saturated heterocycles. The van der Waals surface area contributed by atoms with Gasteiger partial charge >= 0.3 is 0 Å². The van der Waals surface area contributed by atoms with Gasteiger partial charge in [-0.1, -0.05) is 40.2 Å². The molecule has 0 spiro atoms. The second-order valence-corrected chi connectivity index (χ2v) is 6.85. The van der Waals surface area contributed by atoms with E-state index < -0.39 is 0 Å². The minimum Gasteiger partial charge on any atom is -0.307 e. The van der Waals surface area contributed by atoms with Crippen molar-refractivity contribution in [3.8, 4) is 0 Å². The Balaban J connectivity index is 1.77. The molecule has 1 aromatic heterocycles. The van der Waals surface area contributed by atoms with E-state index in [2.05, 4.69) is 20.5 Å². The summed E-state index contributed by atoms with van der Waals surface area (Å²) >= 11 is 3.38. The van der Waals surface area contributed by atoms with Crippen LogP contribution in [-0.2, 0) is 6.54 Å². The van der Waals surface area contributed by atoms with Crippen molar-refractivity contribution in [2.45, 2.75) is 25.4 Å². The Kier molecular flexibility index (Phi) is 3.45. The number of carbonyl (C=O) groups is 1. The summed E-state index contributed by atoms with van der Waals surface area (Å²) in [5, 5.41) is 8.50. The van der Waals surface area contributed by atoms with E-state index in [0.717, 1.165) is 28.3 Å². The summed E-state index contributed by atoms with van der Waals surface area (Å²) < 4.78 is 4.83. The summed E-state index contributed by atoms with van der Waals surface area (Å²) in [7, 11) is 0. The van der Waals surface area contributed by atoms with Crippen LogP contribution in [0, 0.1) is 5.41 Å². The van der Waals surface area contributed by atoms with Gasteiger partial charge in [0.25, 0.3) is 0 Å². The third-order valence-corrected chi connectivity index (χ3v) is 4.82. The van der Waals surface area contributed by atoms with Gasteiger partial charge in [-0.2, -0.15) is 0 Å². The molecular weight excluding hydrogens is 354 g/mol. The van der Waals surface area contributed by atoms with Crippen LogP contribution >= 0.6 is 15.9 Å². The van der Waals surface area contributed by atoms with Gasteiger partial charge in [0.05, 0.1) is 17.6 Å². The second-order valence-electron chi connectivity index (χ2n) is 5.93. The van der Waals surface area contributed by atoms with Gasteiger partial charge in [-0.3, -0.25) is 10.2 Å². The minimum atomic E-state index is 0.0229. The molecule has 4 rings (SSSR count). The standard InChI is InChI=1S/C18H16BrN3O/c19-13-7-5-12(6-8-13)17(23)11-21-15-3-1-2-4-16(15)22(18(21)20)14-9-10-14/h1-8,14,20H,9-11H2. The lowest BCUT2D eigenvalue weighted by molar-refractivity contribution is 0.0971. The zero-order valence-corrected chi connectivity index (χ0v) is 14.1. The van der Waals surface area contributed by atoms with Gasteiger partial charge in [-0.15, -0.1) is 0 Å². The number of benzene rings is 2. The number of nitrogens with zero attached hydrogens (tertiary/aromatic N) is 2. The zero-order chi connectivity index (χ0) is 16.0. The van der Waals surface area contributed by atoms with Crippen molar-refractivity contribution in [1.29, 1.82) is 5.41 Å². The molecule has 0 bridgehead atoms. The van der Waals surface area contributed by atoms with Crippen molar-refractivity contribution in [1.82, 2.24) is 9.13 Å². The summed E-state index contributed by atoms with van der Waals surface area (Å²) in [6.45, 7) is 0.195. The predicted octanol–water partition coefficient (Wildman–Crippen LogP) is 3.90. The number of rotatable bonds is 4. The van der Waals surface area contributed by atoms with Crippen LogP contribution in [0.3, 0.4) is 0 Å². The SMILES string of the molecule is N=c1n(CC(=O)c2ccc(Br)cc2)c2ccccc2n1C1CC1. The fourth-order valence-electron chi connectivity index (χ4n) is 2.99. The molecule has 0 amide bonds. The van der Waals surface area contributed by atoms with Gasteiger partial charge in [-0.25, -0.2) is 0 Å². The number of hydrogen-bond donors (Lipinski definition) is 1. The Morgan fingerprint density at radius 1 is 1.09 bits per heavy atom. The molecule has 1 aliphatic carbocycles. The van der Waals surface area contributed by atoms with Gasteiger partial charge in [0.15, 0.2) is 5.78 Å². The van der Waals surface area contributed by atoms with Crippen LogP contribution in [0.15, 0.2) is 53.0 Å². The summed E-state index contributed by atoms with van der Waals surface area (Å²) in [5.74, 6) is 0.0229. The molecule has 5 heteroatoms. The van der Waals surface area contributed by atoms with Crippen molar-refractivity contribution in [3.63, 3.8) is 0 Å². The largest absolute Gasteiger partial charge is 0.307 e. The van der Waals surface area contributed by atoms with Crippen molar-refractivity contribution in [3.05, 3.63) is 64.2 Å². The first-order chi connectivity index (χ1) is 11.1. The number of ketones is 1. The molecule has 116 valence electrons. The third kappa shape index (κ3) is 2.55. The smallest absolute Gasteiger partial charge is 0.203 e. The first kappa shape index (κ1) is 14.5. The van der Waals surface area contributed by atoms with Crippen LogP contribution in [-0.4, -0.2) is 14.9 Å². The Hall–Kier alpha value is -2.14. The van der Waals surface area contributed by atoms with Crippen LogP contribution in [0.2, 0.25) is 0 Å². The highest BCUT2D eigenvalue weighted by atomic mass is 79.9. The van der Waals surface area contributed by atoms with Gasteiger partial charge in [0, 0.05) is 16.1 Å². The molecular formula is C18H16BrN3O. The second kappa shape index (κ2) is 5.49. The van der Waals surface area contributed by atoms with E-state index in [9.17, 15) is 4.79 Å². The molecule has 4 nitrogen and oxygen atoms in total. The average Bonchev–Trinajstić information content (AvgIpc) is 3.35. The van der Waals surface area contributed by atoms with Crippen molar-refractivity contribution >= 4 is 32.7 Å². The molecule has 1 aliphatic rings. The van der Waals surface area contributed by atoms with Crippen LogP contribution in [0.1, 0.15) is 29.2 Å². The van der Waals surface area contributed by atoms with Gasteiger partial charge in [-0.05, 0) is 37.1 Å². The van der Waals surface area contributed by atoms with E-state index in [1.165, 1.54) is 0 Å². The highest BCUT2D eigenvalue weighted by molar-refractivity contribution is 9.10. The number of halogens is 1. The Morgan fingerprint density at radius 2 is 1.74 bits per heavy atom. The molecule has 23 heavy (non-hydrogen) atoms. The van der Waals surface area contributed by atoms with E-state index in [1.54, 1.807) is 0 Å². The average molecular weight is 370 g/mol. The number of aromatic nitrogens is 2. The lowest BCUT2D eigenvalue weighted by atomic mass is 10.1. The van der Waals surface area contributed by atoms with Crippen LogP contribution in [0.25, 0.3) is 11.0 Å². The maximum absolute atomic E-state index is 12.6. The fourth-order valence-corrected chi connectivity index (χ4v) is 3.25. The number of nitrogens with one attached hydrogen (secondary N) is 1. The van der Waals surface area contributed by atoms with Gasteiger partial charge in [0.1, 0.15) is 0 Å². The first-order valence-corrected chi connectivity index (χ1v) is 8.47. The molecule has 1 saturated carbocycles. The maximum atomic E-state index is 12.6. The number of carbonyl (C=O) groups excluding carboxylic acids is 1. The zero-order valence-electron chi connectivity index (χ0n) is 12.5. The summed E-state index contributed by atoms with van der Waals surface area (Å²) in [4.78, 5) is 12.6. The molecule has 0 aliphatic heterocycles. The Labute approximate surface area is 142 Å². The molecule has 3 aromatic rings. The van der Waals surface area contributed by atoms with Crippen molar-refractivity contribution in [2.24, 2.45) is 0 Å². The lowest BCUT2D eigenvalue weighted by Gasteiger charge is -2.04. The summed E-state index contributed by atoms with van der Waals surface area (Å²) in [6.07, 6.45) is 2.23. The molecule has 2 aromatic carbocycles. The van der Waals surface area contributed by atoms with E-state index >= 15 is 0 Å². The normalized spacial score (nSPS) is 14.3. The molecule has 1 fully saturated rings. The minimum absolute atomic E-state index is 0.0229. The van der Waals surface area contributed by atoms with Crippen LogP contribution in [0.4, 0.5) is 0 Å². The summed E-state index contributed by atoms with van der Waals surface area (Å²) in [6, 6.07) is 15.7. The van der Waals surface area contributed by atoms with Gasteiger partial charge < -0.3 is 9.13 Å². The van der Waals surface area contributed by atoms with Crippen molar-refractivity contribution in [2.75, 3.05) is 0 Å². The Bertz CT molecular complexity index is 949. The van der Waals surface area contributed by atoms with Gasteiger partial charge in [0.2, 0.25) is 5.62 Å². The molecule has 0 atom stereocenters. The van der Waals surface area contributed by atoms with E-state index in [0.29, 0.717) is 17.2 Å². The Morgan fingerprint density at radius 3 is 2.39 bits per heavy atom. The van der Waals surface area contributed by atoms with Crippen LogP contribution < -0.4 is 5.62 Å². The number of para-hydroxylation sites is 2. The first-order valence-electron chi connectivity index (χ1n) is 7.68. The maximum Gasteiger partial charge on any atom is 0.203 e. The molecule has 0 radical (unpaired) electrons. The number of fused-ring (bicyclic) bond motifs is 1. The molecule has 1 N–H and O–H groups in total. The third-order valence-electron chi connectivity index (χ3n) is 4.30. The van der Waals surface area contributed by atoms with Crippen molar-refractivity contribution < 1.29 is 4.79 Å². The molecule has 0 unspecified atom stereocenters. The van der Waals surface area contributed by atoms with E-state index in [4.69, 9.17) is 5.41 Å². The lowest BCUT2D eigenvalue weighted by Crippen LogP contribution is -2.27. The predicted molar refractivity (Wildman–Crippen MR) is 92.5 cm³/mol. The number of Topliss-reactive ketones (excluding diaryl/α,β-unsaturated/α-hetero) is 1. The topological polar surface area (TPSA) is 50.8 Å². The van der Waals surface area contributed by atoms with E-state index in [-0.39, 0.29) is 12.3 Å². The van der Waals surface area contributed by atoms with Crippen LogP contribution in [0.5, 0.6) is 0 Å². The number of imidazole rings is 1. The highest BCUT2D eigenvalue weighted by Gasteiger charge is 2.27. The highest BCUT2D eigenvalue weighted by Crippen LogP contribution is 2.36. The quantitative estimate of drug-likeness (QED) is 0.696. The number of hydrogen-bond acceptors (Lipinski definition) is 2. The molecule has 1 heterocycles. The monoisotopic (exact) mass is 369 g/mol.